The summed E-state index contributed by atoms with van der Waals surface area (Å²) in [5.74, 6) is 0. The quantitative estimate of drug-likeness (QED) is 0.722. The molecule has 24 heavy (non-hydrogen) atoms. The predicted molar refractivity (Wildman–Crippen MR) is 97.9 cm³/mol. The summed E-state index contributed by atoms with van der Waals surface area (Å²) >= 11 is 0. The molecular weight excluding hydrogens is 296 g/mol. The smallest absolute Gasteiger partial charge is 0.0936 e. The summed E-state index contributed by atoms with van der Waals surface area (Å²) in [7, 11) is 0. The van der Waals surface area contributed by atoms with Gasteiger partial charge in [-0.15, -0.1) is 0 Å². The SMILES string of the molecule is c1ccc(CCN2CCN(Cn3ncc4ccccc43)CC2)cc1. The molecule has 1 aromatic heterocycles. The van der Waals surface area contributed by atoms with Crippen LogP contribution in [0.3, 0.4) is 0 Å². The van der Waals surface area contributed by atoms with Gasteiger partial charge in [-0.3, -0.25) is 9.58 Å². The van der Waals surface area contributed by atoms with E-state index in [0.717, 1.165) is 45.8 Å². The van der Waals surface area contributed by atoms with Gasteiger partial charge < -0.3 is 4.90 Å². The van der Waals surface area contributed by atoms with Gasteiger partial charge in [-0.2, -0.15) is 5.10 Å². The molecule has 0 atom stereocenters. The van der Waals surface area contributed by atoms with Gasteiger partial charge in [0.05, 0.1) is 18.4 Å². The number of piperazine rings is 1. The van der Waals surface area contributed by atoms with Crippen molar-refractivity contribution in [3.63, 3.8) is 0 Å². The molecule has 0 bridgehead atoms. The Balaban J connectivity index is 1.28. The molecule has 1 saturated heterocycles. The first kappa shape index (κ1) is 15.4. The fraction of sp³-hybridized carbons (Fsp3) is 0.350. The largest absolute Gasteiger partial charge is 0.300 e. The zero-order chi connectivity index (χ0) is 16.2. The van der Waals surface area contributed by atoms with E-state index in [-0.39, 0.29) is 0 Å². The number of benzene rings is 2. The molecule has 1 aliphatic rings. The van der Waals surface area contributed by atoms with Crippen LogP contribution in [0, 0.1) is 0 Å². The van der Waals surface area contributed by atoms with Gasteiger partial charge >= 0.3 is 0 Å². The zero-order valence-electron chi connectivity index (χ0n) is 14.0. The topological polar surface area (TPSA) is 24.3 Å². The van der Waals surface area contributed by atoms with Crippen LogP contribution in [0.15, 0.2) is 60.8 Å². The highest BCUT2D eigenvalue weighted by atomic mass is 15.4. The van der Waals surface area contributed by atoms with E-state index in [9.17, 15) is 0 Å². The summed E-state index contributed by atoms with van der Waals surface area (Å²) in [6.45, 7) is 6.56. The predicted octanol–water partition coefficient (Wildman–Crippen LogP) is 2.85. The monoisotopic (exact) mass is 320 g/mol. The molecule has 1 fully saturated rings. The third-order valence-electron chi connectivity index (χ3n) is 4.91. The van der Waals surface area contributed by atoms with E-state index >= 15 is 0 Å². The van der Waals surface area contributed by atoms with Crippen molar-refractivity contribution < 1.29 is 0 Å². The van der Waals surface area contributed by atoms with Gasteiger partial charge in [0, 0.05) is 38.1 Å². The number of para-hydroxylation sites is 1. The second-order valence-electron chi connectivity index (χ2n) is 6.54. The lowest BCUT2D eigenvalue weighted by atomic mass is 10.1. The molecule has 4 nitrogen and oxygen atoms in total. The Bertz CT molecular complexity index is 772. The molecule has 0 saturated carbocycles. The van der Waals surface area contributed by atoms with E-state index in [1.165, 1.54) is 16.5 Å². The molecule has 0 unspecified atom stereocenters. The number of rotatable bonds is 5. The first-order valence-electron chi connectivity index (χ1n) is 8.78. The minimum absolute atomic E-state index is 0.889. The van der Waals surface area contributed by atoms with Crippen molar-refractivity contribution in [3.8, 4) is 0 Å². The molecule has 0 aliphatic carbocycles. The third kappa shape index (κ3) is 3.50. The van der Waals surface area contributed by atoms with E-state index in [2.05, 4.69) is 74.2 Å². The Morgan fingerprint density at radius 1 is 0.792 bits per heavy atom. The number of nitrogens with zero attached hydrogens (tertiary/aromatic N) is 4. The molecule has 124 valence electrons. The minimum Gasteiger partial charge on any atom is -0.300 e. The van der Waals surface area contributed by atoms with Crippen LogP contribution in [-0.4, -0.2) is 52.3 Å². The van der Waals surface area contributed by atoms with Crippen molar-refractivity contribution in [1.82, 2.24) is 19.6 Å². The zero-order valence-corrected chi connectivity index (χ0v) is 14.0. The second-order valence-corrected chi connectivity index (χ2v) is 6.54. The van der Waals surface area contributed by atoms with Crippen LogP contribution in [0.4, 0.5) is 0 Å². The van der Waals surface area contributed by atoms with Crippen molar-refractivity contribution in [3.05, 3.63) is 66.4 Å². The normalized spacial score (nSPS) is 16.7. The highest BCUT2D eigenvalue weighted by Crippen LogP contribution is 2.14. The molecule has 4 rings (SSSR count). The van der Waals surface area contributed by atoms with Crippen molar-refractivity contribution in [2.24, 2.45) is 0 Å². The van der Waals surface area contributed by atoms with E-state index in [0.29, 0.717) is 0 Å². The van der Waals surface area contributed by atoms with Gasteiger partial charge in [0.25, 0.3) is 0 Å². The van der Waals surface area contributed by atoms with Crippen LogP contribution in [0.25, 0.3) is 10.9 Å². The molecule has 3 aromatic rings. The molecule has 2 heterocycles. The van der Waals surface area contributed by atoms with E-state index in [1.807, 2.05) is 6.20 Å². The van der Waals surface area contributed by atoms with Gasteiger partial charge in [0.1, 0.15) is 0 Å². The standard InChI is InChI=1S/C20H24N4/c1-2-6-18(7-3-1)10-11-22-12-14-23(15-13-22)17-24-20-9-5-4-8-19(20)16-21-24/h1-9,16H,10-15,17H2. The molecule has 0 radical (unpaired) electrons. The maximum Gasteiger partial charge on any atom is 0.0936 e. The summed E-state index contributed by atoms with van der Waals surface area (Å²) < 4.78 is 2.12. The molecule has 2 aromatic carbocycles. The fourth-order valence-corrected chi connectivity index (χ4v) is 3.41. The van der Waals surface area contributed by atoms with Crippen LogP contribution in [0.5, 0.6) is 0 Å². The molecule has 0 N–H and O–H groups in total. The van der Waals surface area contributed by atoms with Crippen LogP contribution in [-0.2, 0) is 13.1 Å². The number of fused-ring (bicyclic) bond motifs is 1. The van der Waals surface area contributed by atoms with E-state index in [1.54, 1.807) is 0 Å². The van der Waals surface area contributed by atoms with Crippen molar-refractivity contribution >= 4 is 10.9 Å². The Hall–Kier alpha value is -2.17. The van der Waals surface area contributed by atoms with Gasteiger partial charge in [-0.25, -0.2) is 0 Å². The van der Waals surface area contributed by atoms with Gasteiger partial charge in [-0.05, 0) is 18.1 Å². The Labute approximate surface area is 143 Å². The summed E-state index contributed by atoms with van der Waals surface area (Å²) in [5.41, 5.74) is 2.66. The summed E-state index contributed by atoms with van der Waals surface area (Å²) in [6, 6.07) is 19.2. The lowest BCUT2D eigenvalue weighted by Crippen LogP contribution is -2.47. The molecular formula is C20H24N4. The number of hydrogen-bond acceptors (Lipinski definition) is 3. The van der Waals surface area contributed by atoms with Crippen LogP contribution >= 0.6 is 0 Å². The lowest BCUT2D eigenvalue weighted by Gasteiger charge is -2.34. The van der Waals surface area contributed by atoms with Crippen molar-refractivity contribution in [2.75, 3.05) is 32.7 Å². The first-order chi connectivity index (χ1) is 11.9. The average molecular weight is 320 g/mol. The van der Waals surface area contributed by atoms with Crippen LogP contribution in [0.2, 0.25) is 0 Å². The van der Waals surface area contributed by atoms with Crippen LogP contribution in [0.1, 0.15) is 5.56 Å². The Morgan fingerprint density at radius 2 is 1.50 bits per heavy atom. The first-order valence-corrected chi connectivity index (χ1v) is 8.78. The van der Waals surface area contributed by atoms with Gasteiger partial charge in [0.15, 0.2) is 0 Å². The number of hydrogen-bond donors (Lipinski definition) is 0. The maximum absolute atomic E-state index is 4.55. The Kier molecular flexibility index (Phi) is 4.58. The number of aromatic nitrogens is 2. The second kappa shape index (κ2) is 7.16. The minimum atomic E-state index is 0.889. The lowest BCUT2D eigenvalue weighted by molar-refractivity contribution is 0.105. The molecule has 4 heteroatoms. The van der Waals surface area contributed by atoms with Crippen molar-refractivity contribution in [2.45, 2.75) is 13.1 Å². The average Bonchev–Trinajstić information content (AvgIpc) is 3.05. The molecule has 0 amide bonds. The Morgan fingerprint density at radius 3 is 2.33 bits per heavy atom. The van der Waals surface area contributed by atoms with Gasteiger partial charge in [-0.1, -0.05) is 48.5 Å². The summed E-state index contributed by atoms with van der Waals surface area (Å²) in [4.78, 5) is 5.07. The van der Waals surface area contributed by atoms with Crippen molar-refractivity contribution in [1.29, 1.82) is 0 Å². The molecule has 1 aliphatic heterocycles. The summed E-state index contributed by atoms with van der Waals surface area (Å²) in [6.07, 6.45) is 3.11. The van der Waals surface area contributed by atoms with Gasteiger partial charge in [0.2, 0.25) is 0 Å². The summed E-state index contributed by atoms with van der Waals surface area (Å²) in [5, 5.41) is 5.77. The highest BCUT2D eigenvalue weighted by molar-refractivity contribution is 5.78. The van der Waals surface area contributed by atoms with E-state index < -0.39 is 0 Å². The molecule has 0 spiro atoms. The maximum atomic E-state index is 4.55. The third-order valence-corrected chi connectivity index (χ3v) is 4.91. The van der Waals surface area contributed by atoms with E-state index in [4.69, 9.17) is 0 Å². The fourth-order valence-electron chi connectivity index (χ4n) is 3.41. The highest BCUT2D eigenvalue weighted by Gasteiger charge is 2.17. The van der Waals surface area contributed by atoms with Crippen LogP contribution < -0.4 is 0 Å².